The van der Waals surface area contributed by atoms with Gasteiger partial charge in [0.05, 0.1) is 22.8 Å². The summed E-state index contributed by atoms with van der Waals surface area (Å²) in [4.78, 5) is 22.3. The van der Waals surface area contributed by atoms with Crippen molar-refractivity contribution in [3.05, 3.63) is 22.7 Å². The van der Waals surface area contributed by atoms with E-state index in [1.807, 2.05) is 0 Å². The molecule has 0 aliphatic carbocycles. The van der Waals surface area contributed by atoms with Crippen LogP contribution in [0.4, 0.5) is 0 Å². The van der Waals surface area contributed by atoms with Gasteiger partial charge in [-0.05, 0) is 22.9 Å². The first-order chi connectivity index (χ1) is 7.22. The molecular formula is C9H8BrN3O2. The van der Waals surface area contributed by atoms with Crippen LogP contribution >= 0.6 is 15.9 Å². The molecule has 2 heterocycles. The number of carbonyl (C=O) groups excluding carboxylic acids is 1. The summed E-state index contributed by atoms with van der Waals surface area (Å²) in [6, 6.07) is 0. The highest BCUT2D eigenvalue weighted by atomic mass is 79.9. The molecule has 6 heteroatoms. The Bertz CT molecular complexity index is 509. The van der Waals surface area contributed by atoms with Crippen molar-refractivity contribution in [2.45, 2.75) is 6.92 Å². The van der Waals surface area contributed by atoms with Gasteiger partial charge < -0.3 is 9.72 Å². The molecule has 0 fully saturated rings. The van der Waals surface area contributed by atoms with E-state index in [4.69, 9.17) is 4.74 Å². The third-order valence-electron chi connectivity index (χ3n) is 1.82. The normalized spacial score (nSPS) is 10.5. The second kappa shape index (κ2) is 3.98. The largest absolute Gasteiger partial charge is 0.460 e. The Morgan fingerprint density at radius 2 is 2.40 bits per heavy atom. The zero-order valence-electron chi connectivity index (χ0n) is 7.95. The summed E-state index contributed by atoms with van der Waals surface area (Å²) in [7, 11) is 0. The summed E-state index contributed by atoms with van der Waals surface area (Å²) in [5.74, 6) is -0.263. The maximum absolute atomic E-state index is 11.4. The minimum atomic E-state index is -0.458. The molecule has 2 rings (SSSR count). The average molecular weight is 270 g/mol. The van der Waals surface area contributed by atoms with Gasteiger partial charge >= 0.3 is 5.97 Å². The minimum absolute atomic E-state index is 0.195. The summed E-state index contributed by atoms with van der Waals surface area (Å²) in [6.07, 6.45) is 3.23. The van der Waals surface area contributed by atoms with Crippen LogP contribution in [-0.2, 0) is 4.74 Å². The molecule has 15 heavy (non-hydrogen) atoms. The van der Waals surface area contributed by atoms with Gasteiger partial charge in [0.15, 0.2) is 0 Å². The number of esters is 1. The van der Waals surface area contributed by atoms with Crippen molar-refractivity contribution in [2.24, 2.45) is 0 Å². The molecule has 2 aromatic rings. The molecule has 0 bridgehead atoms. The van der Waals surface area contributed by atoms with E-state index in [9.17, 15) is 4.79 Å². The van der Waals surface area contributed by atoms with E-state index in [1.165, 1.54) is 0 Å². The minimum Gasteiger partial charge on any atom is -0.460 e. The van der Waals surface area contributed by atoms with E-state index in [-0.39, 0.29) is 5.82 Å². The van der Waals surface area contributed by atoms with E-state index in [0.717, 1.165) is 4.47 Å². The van der Waals surface area contributed by atoms with Crippen LogP contribution in [0.5, 0.6) is 0 Å². The second-order valence-corrected chi connectivity index (χ2v) is 3.68. The number of nitrogens with zero attached hydrogens (tertiary/aromatic N) is 2. The van der Waals surface area contributed by atoms with Crippen LogP contribution < -0.4 is 0 Å². The highest BCUT2D eigenvalue weighted by Gasteiger charge is 2.13. The molecule has 0 amide bonds. The molecule has 2 aromatic heterocycles. The summed E-state index contributed by atoms with van der Waals surface area (Å²) < 4.78 is 5.57. The molecule has 0 saturated carbocycles. The number of ether oxygens (including phenoxy) is 1. The van der Waals surface area contributed by atoms with E-state index < -0.39 is 5.97 Å². The molecule has 0 atom stereocenters. The van der Waals surface area contributed by atoms with Crippen LogP contribution in [-0.4, -0.2) is 27.5 Å². The third-order valence-corrected chi connectivity index (χ3v) is 2.40. The van der Waals surface area contributed by atoms with E-state index in [0.29, 0.717) is 17.6 Å². The number of pyridine rings is 1. The fourth-order valence-electron chi connectivity index (χ4n) is 1.20. The van der Waals surface area contributed by atoms with Gasteiger partial charge in [0.2, 0.25) is 5.82 Å². The quantitative estimate of drug-likeness (QED) is 0.846. The molecule has 5 nitrogen and oxygen atoms in total. The van der Waals surface area contributed by atoms with Crippen LogP contribution in [0, 0.1) is 0 Å². The maximum atomic E-state index is 11.4. The number of H-pyrrole nitrogens is 1. The van der Waals surface area contributed by atoms with Gasteiger partial charge in [0, 0.05) is 6.20 Å². The van der Waals surface area contributed by atoms with Crippen LogP contribution in [0.25, 0.3) is 11.0 Å². The summed E-state index contributed by atoms with van der Waals surface area (Å²) in [5, 5.41) is 0. The van der Waals surface area contributed by atoms with Crippen molar-refractivity contribution in [2.75, 3.05) is 6.61 Å². The number of imidazole rings is 1. The van der Waals surface area contributed by atoms with Crippen molar-refractivity contribution < 1.29 is 9.53 Å². The SMILES string of the molecule is CCOC(=O)c1nc2c(Br)cncc2[nH]1. The number of aromatic nitrogens is 3. The lowest BCUT2D eigenvalue weighted by atomic mass is 10.4. The molecule has 1 N–H and O–H groups in total. The van der Waals surface area contributed by atoms with Gasteiger partial charge in [-0.3, -0.25) is 4.98 Å². The molecule has 0 aromatic carbocycles. The Morgan fingerprint density at radius 1 is 1.60 bits per heavy atom. The highest BCUT2D eigenvalue weighted by molar-refractivity contribution is 9.10. The number of rotatable bonds is 2. The lowest BCUT2D eigenvalue weighted by Crippen LogP contribution is -2.06. The van der Waals surface area contributed by atoms with Crippen molar-refractivity contribution >= 4 is 32.9 Å². The van der Waals surface area contributed by atoms with Crippen LogP contribution in [0.1, 0.15) is 17.5 Å². The number of carbonyl (C=O) groups is 1. The first kappa shape index (κ1) is 10.1. The Kier molecular flexibility index (Phi) is 2.68. The van der Waals surface area contributed by atoms with Crippen LogP contribution in [0.15, 0.2) is 16.9 Å². The Balaban J connectivity index is 2.47. The highest BCUT2D eigenvalue weighted by Crippen LogP contribution is 2.20. The zero-order chi connectivity index (χ0) is 10.8. The first-order valence-electron chi connectivity index (χ1n) is 4.38. The van der Waals surface area contributed by atoms with Gasteiger partial charge in [0.1, 0.15) is 5.52 Å². The van der Waals surface area contributed by atoms with Gasteiger partial charge in [-0.25, -0.2) is 9.78 Å². The molecule has 0 aliphatic rings. The van der Waals surface area contributed by atoms with Crippen molar-refractivity contribution in [3.8, 4) is 0 Å². The second-order valence-electron chi connectivity index (χ2n) is 2.82. The summed E-state index contributed by atoms with van der Waals surface area (Å²) in [5.41, 5.74) is 1.38. The number of halogens is 1. The predicted molar refractivity (Wildman–Crippen MR) is 57.5 cm³/mol. The molecule has 0 radical (unpaired) electrons. The third kappa shape index (κ3) is 1.85. The van der Waals surface area contributed by atoms with Gasteiger partial charge in [-0.15, -0.1) is 0 Å². The van der Waals surface area contributed by atoms with E-state index in [1.54, 1.807) is 19.3 Å². The maximum Gasteiger partial charge on any atom is 0.374 e. The number of hydrogen-bond acceptors (Lipinski definition) is 4. The van der Waals surface area contributed by atoms with Crippen LogP contribution in [0.3, 0.4) is 0 Å². The number of aromatic amines is 1. The molecular weight excluding hydrogens is 262 g/mol. The molecule has 0 saturated heterocycles. The zero-order valence-corrected chi connectivity index (χ0v) is 9.54. The topological polar surface area (TPSA) is 67.9 Å². The van der Waals surface area contributed by atoms with Gasteiger partial charge in [-0.1, -0.05) is 0 Å². The fourth-order valence-corrected chi connectivity index (χ4v) is 1.62. The van der Waals surface area contributed by atoms with Gasteiger partial charge in [-0.2, -0.15) is 0 Å². The summed E-state index contributed by atoms with van der Waals surface area (Å²) in [6.45, 7) is 2.08. The first-order valence-corrected chi connectivity index (χ1v) is 5.18. The fraction of sp³-hybridized carbons (Fsp3) is 0.222. The Labute approximate surface area is 94.0 Å². The number of hydrogen-bond donors (Lipinski definition) is 1. The Hall–Kier alpha value is -1.43. The van der Waals surface area contributed by atoms with E-state index in [2.05, 4.69) is 30.9 Å². The lowest BCUT2D eigenvalue weighted by molar-refractivity contribution is 0.0514. The van der Waals surface area contributed by atoms with Gasteiger partial charge in [0.25, 0.3) is 0 Å². The molecule has 0 spiro atoms. The average Bonchev–Trinajstić information content (AvgIpc) is 2.63. The number of fused-ring (bicyclic) bond motifs is 1. The standard InChI is InChI=1S/C9H8BrN3O2/c1-2-15-9(14)8-12-6-4-11-3-5(10)7(6)13-8/h3-4H,2H2,1H3,(H,12,13). The monoisotopic (exact) mass is 269 g/mol. The number of nitrogens with one attached hydrogen (secondary N) is 1. The predicted octanol–water partition coefficient (Wildman–Crippen LogP) is 1.90. The molecule has 78 valence electrons. The molecule has 0 aliphatic heterocycles. The molecule has 0 unspecified atom stereocenters. The Morgan fingerprint density at radius 3 is 3.07 bits per heavy atom. The lowest BCUT2D eigenvalue weighted by Gasteiger charge is -1.95. The van der Waals surface area contributed by atoms with Crippen LogP contribution in [0.2, 0.25) is 0 Å². The van der Waals surface area contributed by atoms with Crippen molar-refractivity contribution in [1.29, 1.82) is 0 Å². The smallest absolute Gasteiger partial charge is 0.374 e. The van der Waals surface area contributed by atoms with Crippen molar-refractivity contribution in [1.82, 2.24) is 15.0 Å². The van der Waals surface area contributed by atoms with Crippen molar-refractivity contribution in [3.63, 3.8) is 0 Å². The summed E-state index contributed by atoms with van der Waals surface area (Å²) >= 11 is 3.30. The van der Waals surface area contributed by atoms with E-state index >= 15 is 0 Å².